The van der Waals surface area contributed by atoms with Crippen molar-refractivity contribution in [2.45, 2.75) is 5.16 Å². The molecule has 17 heavy (non-hydrogen) atoms. The predicted octanol–water partition coefficient (Wildman–Crippen LogP) is 0.734. The number of nitrogens with two attached hydrogens (primary N) is 1. The van der Waals surface area contributed by atoms with Gasteiger partial charge in [-0.2, -0.15) is 0 Å². The second-order valence-electron chi connectivity index (χ2n) is 3.42. The Kier molecular flexibility index (Phi) is 3.19. The summed E-state index contributed by atoms with van der Waals surface area (Å²) in [7, 11) is -2.28. The van der Waals surface area contributed by atoms with Gasteiger partial charge in [0, 0.05) is 16.2 Å². The molecule has 1 heterocycles. The van der Waals surface area contributed by atoms with Crippen molar-refractivity contribution in [1.82, 2.24) is 14.8 Å². The molecule has 0 unspecified atom stereocenters. The third kappa shape index (κ3) is 2.48. The van der Waals surface area contributed by atoms with Gasteiger partial charge in [0.05, 0.1) is 0 Å². The van der Waals surface area contributed by atoms with E-state index in [-0.39, 0.29) is 5.16 Å². The number of hydrogen-bond donors (Lipinski definition) is 1. The summed E-state index contributed by atoms with van der Waals surface area (Å²) >= 11 is 2.18. The molecule has 0 saturated heterocycles. The van der Waals surface area contributed by atoms with Gasteiger partial charge in [0.2, 0.25) is 0 Å². The van der Waals surface area contributed by atoms with Crippen molar-refractivity contribution in [2.24, 2.45) is 12.2 Å². The van der Waals surface area contributed by atoms with Gasteiger partial charge < -0.3 is 0 Å². The first-order valence-electron chi connectivity index (χ1n) is 4.58. The number of halogens is 1. The summed E-state index contributed by atoms with van der Waals surface area (Å²) in [5.41, 5.74) is 0.787. The maximum atomic E-state index is 11.2. The van der Waals surface area contributed by atoms with Crippen LogP contribution in [0, 0.1) is 3.57 Å². The minimum Gasteiger partial charge on any atom is -0.300 e. The molecule has 1 aromatic heterocycles. The number of hydrogen-bond acceptors (Lipinski definition) is 4. The Morgan fingerprint density at radius 1 is 1.24 bits per heavy atom. The normalized spacial score (nSPS) is 11.7. The summed E-state index contributed by atoms with van der Waals surface area (Å²) in [6.07, 6.45) is 0. The van der Waals surface area contributed by atoms with Crippen LogP contribution in [-0.4, -0.2) is 23.2 Å². The van der Waals surface area contributed by atoms with Gasteiger partial charge >= 0.3 is 0 Å². The zero-order chi connectivity index (χ0) is 12.6. The minimum atomic E-state index is -3.84. The Labute approximate surface area is 112 Å². The van der Waals surface area contributed by atoms with Crippen molar-refractivity contribution in [3.8, 4) is 11.4 Å². The number of primary sulfonamides is 1. The highest BCUT2D eigenvalue weighted by Crippen LogP contribution is 2.19. The molecule has 0 aliphatic carbocycles. The quantitative estimate of drug-likeness (QED) is 0.796. The van der Waals surface area contributed by atoms with Crippen LogP contribution < -0.4 is 5.14 Å². The van der Waals surface area contributed by atoms with Crippen LogP contribution in [-0.2, 0) is 17.1 Å². The number of aromatic nitrogens is 3. The molecule has 6 nitrogen and oxygen atoms in total. The van der Waals surface area contributed by atoms with Crippen LogP contribution in [0.25, 0.3) is 11.4 Å². The molecule has 0 atom stereocenters. The van der Waals surface area contributed by atoms with E-state index < -0.39 is 10.0 Å². The Morgan fingerprint density at radius 3 is 2.29 bits per heavy atom. The van der Waals surface area contributed by atoms with E-state index in [4.69, 9.17) is 5.14 Å². The van der Waals surface area contributed by atoms with Gasteiger partial charge in [-0.1, -0.05) is 12.1 Å². The zero-order valence-electron chi connectivity index (χ0n) is 8.83. The molecule has 1 aromatic carbocycles. The van der Waals surface area contributed by atoms with Gasteiger partial charge in [-0.3, -0.25) is 4.57 Å². The van der Waals surface area contributed by atoms with Gasteiger partial charge in [0.15, 0.2) is 5.82 Å². The highest BCUT2D eigenvalue weighted by Gasteiger charge is 2.19. The van der Waals surface area contributed by atoms with Crippen LogP contribution in [0.1, 0.15) is 0 Å². The lowest BCUT2D eigenvalue weighted by atomic mass is 10.2. The highest BCUT2D eigenvalue weighted by molar-refractivity contribution is 14.1. The van der Waals surface area contributed by atoms with Crippen LogP contribution >= 0.6 is 22.6 Å². The molecule has 90 valence electrons. The molecule has 2 aromatic rings. The Bertz CT molecular complexity index is 648. The number of benzene rings is 1. The fourth-order valence-electron chi connectivity index (χ4n) is 1.41. The molecule has 8 heteroatoms. The average Bonchev–Trinajstić information content (AvgIpc) is 2.61. The molecule has 0 spiro atoms. The summed E-state index contributed by atoms with van der Waals surface area (Å²) < 4.78 is 24.9. The molecule has 0 saturated carbocycles. The van der Waals surface area contributed by atoms with Gasteiger partial charge in [0.1, 0.15) is 0 Å². The monoisotopic (exact) mass is 364 g/mol. The summed E-state index contributed by atoms with van der Waals surface area (Å²) in [6, 6.07) is 7.50. The largest absolute Gasteiger partial charge is 0.300 e. The van der Waals surface area contributed by atoms with Crippen LogP contribution in [0.3, 0.4) is 0 Å². The molecule has 0 fully saturated rings. The van der Waals surface area contributed by atoms with Crippen molar-refractivity contribution in [3.63, 3.8) is 0 Å². The molecule has 0 aliphatic heterocycles. The first kappa shape index (κ1) is 12.5. The molecule has 2 N–H and O–H groups in total. The van der Waals surface area contributed by atoms with E-state index in [0.717, 1.165) is 9.13 Å². The van der Waals surface area contributed by atoms with E-state index in [1.807, 2.05) is 24.3 Å². The number of nitrogens with zero attached hydrogens (tertiary/aromatic N) is 3. The summed E-state index contributed by atoms with van der Waals surface area (Å²) in [5, 5.41) is 12.2. The van der Waals surface area contributed by atoms with Crippen molar-refractivity contribution in [2.75, 3.05) is 0 Å². The van der Waals surface area contributed by atoms with Crippen molar-refractivity contribution in [1.29, 1.82) is 0 Å². The predicted molar refractivity (Wildman–Crippen MR) is 70.5 cm³/mol. The molecule has 0 radical (unpaired) electrons. The maximum Gasteiger partial charge on any atom is 0.273 e. The third-order valence-electron chi connectivity index (χ3n) is 2.19. The van der Waals surface area contributed by atoms with Crippen molar-refractivity contribution >= 4 is 32.6 Å². The first-order valence-corrected chi connectivity index (χ1v) is 7.20. The zero-order valence-corrected chi connectivity index (χ0v) is 11.8. The summed E-state index contributed by atoms with van der Waals surface area (Å²) in [6.45, 7) is 0. The smallest absolute Gasteiger partial charge is 0.273 e. The van der Waals surface area contributed by atoms with Crippen molar-refractivity contribution in [3.05, 3.63) is 27.8 Å². The molecular formula is C9H9IN4O2S. The van der Waals surface area contributed by atoms with Crippen LogP contribution in [0.4, 0.5) is 0 Å². The van der Waals surface area contributed by atoms with Gasteiger partial charge in [-0.25, -0.2) is 13.6 Å². The molecule has 0 amide bonds. The average molecular weight is 364 g/mol. The van der Waals surface area contributed by atoms with E-state index >= 15 is 0 Å². The standard InChI is InChI=1S/C9H9IN4O2S/c1-14-8(6-2-4-7(10)5-3-6)12-13-9(14)17(11,15)16/h2-5H,1H3,(H2,11,15,16). The van der Waals surface area contributed by atoms with Gasteiger partial charge in [-0.15, -0.1) is 10.2 Å². The summed E-state index contributed by atoms with van der Waals surface area (Å²) in [5.74, 6) is 0.463. The van der Waals surface area contributed by atoms with E-state index in [1.54, 1.807) is 7.05 Å². The fourth-order valence-corrected chi connectivity index (χ4v) is 2.40. The fraction of sp³-hybridized carbons (Fsp3) is 0.111. The minimum absolute atomic E-state index is 0.244. The van der Waals surface area contributed by atoms with Crippen LogP contribution in [0.15, 0.2) is 29.4 Å². The van der Waals surface area contributed by atoms with E-state index in [0.29, 0.717) is 5.82 Å². The van der Waals surface area contributed by atoms with Crippen LogP contribution in [0.2, 0.25) is 0 Å². The molecular weight excluding hydrogens is 355 g/mol. The number of rotatable bonds is 2. The third-order valence-corrected chi connectivity index (χ3v) is 3.78. The lowest BCUT2D eigenvalue weighted by molar-refractivity contribution is 0.580. The summed E-state index contributed by atoms with van der Waals surface area (Å²) in [4.78, 5) is 0. The molecule has 0 aliphatic rings. The maximum absolute atomic E-state index is 11.2. The Morgan fingerprint density at radius 2 is 1.82 bits per heavy atom. The van der Waals surface area contributed by atoms with E-state index in [1.165, 1.54) is 4.57 Å². The highest BCUT2D eigenvalue weighted by atomic mass is 127. The lowest BCUT2D eigenvalue weighted by Crippen LogP contribution is -2.17. The second kappa shape index (κ2) is 4.35. The molecule has 2 rings (SSSR count). The van der Waals surface area contributed by atoms with Gasteiger partial charge in [0.25, 0.3) is 15.2 Å². The Balaban J connectivity index is 2.55. The van der Waals surface area contributed by atoms with Gasteiger partial charge in [-0.05, 0) is 34.7 Å². The SMILES string of the molecule is Cn1c(-c2ccc(I)cc2)nnc1S(N)(=O)=O. The van der Waals surface area contributed by atoms with E-state index in [9.17, 15) is 8.42 Å². The second-order valence-corrected chi connectivity index (χ2v) is 6.12. The van der Waals surface area contributed by atoms with Crippen LogP contribution in [0.5, 0.6) is 0 Å². The number of sulfonamides is 1. The molecule has 0 bridgehead atoms. The lowest BCUT2D eigenvalue weighted by Gasteiger charge is -2.02. The topological polar surface area (TPSA) is 90.9 Å². The first-order chi connectivity index (χ1) is 7.89. The Hall–Kier alpha value is -1.00. The van der Waals surface area contributed by atoms with E-state index in [2.05, 4.69) is 32.8 Å². The van der Waals surface area contributed by atoms with Crippen molar-refractivity contribution < 1.29 is 8.42 Å².